The lowest BCUT2D eigenvalue weighted by Crippen LogP contribution is -2.09. The first-order valence-corrected chi connectivity index (χ1v) is 6.06. The van der Waals surface area contributed by atoms with Crippen LogP contribution in [0.5, 0.6) is 5.75 Å². The lowest BCUT2D eigenvalue weighted by Gasteiger charge is -2.13. The lowest BCUT2D eigenvalue weighted by molar-refractivity contribution is 0.274. The third kappa shape index (κ3) is 3.27. The van der Waals surface area contributed by atoms with Crippen molar-refractivity contribution in [2.24, 2.45) is 0 Å². The molecule has 5 heteroatoms. The molecule has 1 rings (SSSR count). The Balaban J connectivity index is 3.10. The Kier molecular flexibility index (Phi) is 4.72. The van der Waals surface area contributed by atoms with Gasteiger partial charge in [-0.3, -0.25) is 0 Å². The molecule has 0 aliphatic rings. The largest absolute Gasteiger partial charge is 0.474 e. The van der Waals surface area contributed by atoms with Gasteiger partial charge >= 0.3 is 0 Å². The summed E-state index contributed by atoms with van der Waals surface area (Å²) in [6.45, 7) is 1.66. The summed E-state index contributed by atoms with van der Waals surface area (Å²) in [7, 11) is 0. The second-order valence-corrected chi connectivity index (χ2v) is 4.30. The maximum absolute atomic E-state index is 8.65. The fourth-order valence-electron chi connectivity index (χ4n) is 1.05. The van der Waals surface area contributed by atoms with Crippen molar-refractivity contribution in [3.63, 3.8) is 0 Å². The van der Waals surface area contributed by atoms with E-state index in [4.69, 9.17) is 33.2 Å². The monoisotopic (exact) mass is 307 g/mol. The van der Waals surface area contributed by atoms with Crippen molar-refractivity contribution < 1.29 is 4.74 Å². The van der Waals surface area contributed by atoms with E-state index in [0.29, 0.717) is 21.1 Å². The molecule has 0 spiro atoms. The number of halogens is 3. The fraction of sp³-hybridized carbons (Fsp3) is 0.300. The Morgan fingerprint density at radius 3 is 2.73 bits per heavy atom. The van der Waals surface area contributed by atoms with Gasteiger partial charge in [-0.2, -0.15) is 5.26 Å². The standard InChI is InChI=1S/C10H8BrCl2NO/c1-6(5-14)15-10-7(4-11)2-8(12)3-9(10)13/h2-3,6H,4H2,1H3. The molecule has 15 heavy (non-hydrogen) atoms. The van der Waals surface area contributed by atoms with Crippen LogP contribution in [0.3, 0.4) is 0 Å². The molecule has 0 aliphatic heterocycles. The third-order valence-corrected chi connectivity index (χ3v) is 2.81. The molecule has 1 atom stereocenters. The van der Waals surface area contributed by atoms with Crippen LogP contribution < -0.4 is 4.74 Å². The topological polar surface area (TPSA) is 33.0 Å². The molecule has 0 heterocycles. The number of alkyl halides is 1. The van der Waals surface area contributed by atoms with Gasteiger partial charge in [-0.25, -0.2) is 0 Å². The Labute approximate surface area is 107 Å². The maximum Gasteiger partial charge on any atom is 0.181 e. The van der Waals surface area contributed by atoms with E-state index in [1.165, 1.54) is 0 Å². The van der Waals surface area contributed by atoms with Gasteiger partial charge in [0.25, 0.3) is 0 Å². The third-order valence-electron chi connectivity index (χ3n) is 1.71. The van der Waals surface area contributed by atoms with Crippen LogP contribution in [0.15, 0.2) is 12.1 Å². The van der Waals surface area contributed by atoms with Crippen molar-refractivity contribution in [3.8, 4) is 11.8 Å². The minimum atomic E-state index is -0.540. The molecule has 0 amide bonds. The maximum atomic E-state index is 8.65. The molecule has 1 aromatic rings. The summed E-state index contributed by atoms with van der Waals surface area (Å²) < 4.78 is 5.39. The second kappa shape index (κ2) is 5.60. The molecule has 0 bridgehead atoms. The molecule has 0 aliphatic carbocycles. The van der Waals surface area contributed by atoms with Gasteiger partial charge in [-0.15, -0.1) is 0 Å². The van der Waals surface area contributed by atoms with Gasteiger partial charge in [-0.05, 0) is 19.1 Å². The van der Waals surface area contributed by atoms with Crippen LogP contribution in [0.25, 0.3) is 0 Å². The normalized spacial score (nSPS) is 11.9. The SMILES string of the molecule is CC(C#N)Oc1c(Cl)cc(Cl)cc1CBr. The van der Waals surface area contributed by atoms with Gasteiger partial charge in [0.2, 0.25) is 0 Å². The molecule has 80 valence electrons. The minimum absolute atomic E-state index is 0.416. The van der Waals surface area contributed by atoms with E-state index in [1.807, 2.05) is 6.07 Å². The summed E-state index contributed by atoms with van der Waals surface area (Å²) in [5.74, 6) is 0.506. The highest BCUT2D eigenvalue weighted by Crippen LogP contribution is 2.34. The molecular formula is C10H8BrCl2NO. The van der Waals surface area contributed by atoms with Crippen LogP contribution in [-0.4, -0.2) is 6.10 Å². The van der Waals surface area contributed by atoms with E-state index in [-0.39, 0.29) is 0 Å². The quantitative estimate of drug-likeness (QED) is 0.785. The summed E-state index contributed by atoms with van der Waals surface area (Å²) in [4.78, 5) is 0. The Morgan fingerprint density at radius 1 is 1.53 bits per heavy atom. The number of hydrogen-bond donors (Lipinski definition) is 0. The van der Waals surface area contributed by atoms with Gasteiger partial charge in [0.15, 0.2) is 6.10 Å². The zero-order valence-corrected chi connectivity index (χ0v) is 11.0. The molecule has 0 fully saturated rings. The Hall–Kier alpha value is -0.430. The van der Waals surface area contributed by atoms with Gasteiger partial charge in [0, 0.05) is 15.9 Å². The first-order valence-electron chi connectivity index (χ1n) is 4.18. The van der Waals surface area contributed by atoms with Crippen molar-refractivity contribution in [2.75, 3.05) is 0 Å². The first kappa shape index (κ1) is 12.6. The van der Waals surface area contributed by atoms with Crippen LogP contribution >= 0.6 is 39.1 Å². The average Bonchev–Trinajstić information content (AvgIpc) is 2.21. The smallest absolute Gasteiger partial charge is 0.181 e. The van der Waals surface area contributed by atoms with Crippen molar-refractivity contribution in [1.82, 2.24) is 0 Å². The highest BCUT2D eigenvalue weighted by molar-refractivity contribution is 9.08. The molecule has 0 N–H and O–H groups in total. The number of rotatable bonds is 3. The van der Waals surface area contributed by atoms with Crippen molar-refractivity contribution in [1.29, 1.82) is 5.26 Å². The summed E-state index contributed by atoms with van der Waals surface area (Å²) >= 11 is 15.1. The van der Waals surface area contributed by atoms with Crippen LogP contribution in [-0.2, 0) is 5.33 Å². The predicted molar refractivity (Wildman–Crippen MR) is 64.8 cm³/mol. The number of ether oxygens (including phenoxy) is 1. The van der Waals surface area contributed by atoms with Gasteiger partial charge in [0.05, 0.1) is 5.02 Å². The summed E-state index contributed by atoms with van der Waals surface area (Å²) in [5.41, 5.74) is 0.828. The lowest BCUT2D eigenvalue weighted by atomic mass is 10.2. The highest BCUT2D eigenvalue weighted by Gasteiger charge is 2.12. The molecule has 0 saturated heterocycles. The van der Waals surface area contributed by atoms with Gasteiger partial charge < -0.3 is 4.74 Å². The van der Waals surface area contributed by atoms with Crippen molar-refractivity contribution >= 4 is 39.1 Å². The zero-order valence-electron chi connectivity index (χ0n) is 7.93. The number of hydrogen-bond acceptors (Lipinski definition) is 2. The van der Waals surface area contributed by atoms with E-state index >= 15 is 0 Å². The second-order valence-electron chi connectivity index (χ2n) is 2.90. The summed E-state index contributed by atoms with van der Waals surface area (Å²) in [5, 5.41) is 10.2. The van der Waals surface area contributed by atoms with E-state index in [1.54, 1.807) is 19.1 Å². The molecule has 1 aromatic carbocycles. The average molecular weight is 309 g/mol. The van der Waals surface area contributed by atoms with E-state index in [9.17, 15) is 0 Å². The highest BCUT2D eigenvalue weighted by atomic mass is 79.9. The predicted octanol–water partition coefficient (Wildman–Crippen LogP) is 4.18. The summed E-state index contributed by atoms with van der Waals surface area (Å²) in [6, 6.07) is 5.32. The first-order chi connectivity index (χ1) is 7.08. The van der Waals surface area contributed by atoms with Crippen LogP contribution in [0.1, 0.15) is 12.5 Å². The minimum Gasteiger partial charge on any atom is -0.474 e. The molecule has 0 saturated carbocycles. The molecule has 1 unspecified atom stereocenters. The van der Waals surface area contributed by atoms with Gasteiger partial charge in [0.1, 0.15) is 11.8 Å². The molecule has 0 aromatic heterocycles. The van der Waals surface area contributed by atoms with Crippen molar-refractivity contribution in [3.05, 3.63) is 27.7 Å². The zero-order chi connectivity index (χ0) is 11.4. The van der Waals surface area contributed by atoms with E-state index in [0.717, 1.165) is 5.56 Å². The van der Waals surface area contributed by atoms with E-state index < -0.39 is 6.10 Å². The summed E-state index contributed by atoms with van der Waals surface area (Å²) in [6.07, 6.45) is -0.540. The molecule has 0 radical (unpaired) electrons. The molecule has 2 nitrogen and oxygen atoms in total. The number of nitrogens with zero attached hydrogens (tertiary/aromatic N) is 1. The van der Waals surface area contributed by atoms with Crippen LogP contribution in [0.2, 0.25) is 10.0 Å². The van der Waals surface area contributed by atoms with Crippen LogP contribution in [0, 0.1) is 11.3 Å². The Morgan fingerprint density at radius 2 is 2.20 bits per heavy atom. The van der Waals surface area contributed by atoms with Crippen molar-refractivity contribution in [2.45, 2.75) is 18.4 Å². The van der Waals surface area contributed by atoms with Crippen LogP contribution in [0.4, 0.5) is 0 Å². The Bertz CT molecular complexity index is 403. The number of benzene rings is 1. The van der Waals surface area contributed by atoms with Gasteiger partial charge in [-0.1, -0.05) is 39.1 Å². The fourth-order valence-corrected chi connectivity index (χ4v) is 2.04. The molecular weight excluding hydrogens is 301 g/mol. The number of nitriles is 1. The van der Waals surface area contributed by atoms with E-state index in [2.05, 4.69) is 15.9 Å².